The van der Waals surface area contributed by atoms with Crippen LogP contribution in [-0.2, 0) is 15.0 Å². The molecule has 0 aromatic heterocycles. The van der Waals surface area contributed by atoms with E-state index in [4.69, 9.17) is 0 Å². The zero-order chi connectivity index (χ0) is 14.0. The standard InChI is InChI=1S/C12H23N3O3S/c1-13(2)12(16)11-7-6-10-15(11)19(17,18)14-8-4-3-5-9-14/h11H,3-10H2,1-2H3. The van der Waals surface area contributed by atoms with E-state index in [0.29, 0.717) is 26.1 Å². The summed E-state index contributed by atoms with van der Waals surface area (Å²) < 4.78 is 28.2. The van der Waals surface area contributed by atoms with Crippen molar-refractivity contribution >= 4 is 16.1 Å². The lowest BCUT2D eigenvalue weighted by Gasteiger charge is -2.33. The van der Waals surface area contributed by atoms with E-state index in [2.05, 4.69) is 0 Å². The minimum Gasteiger partial charge on any atom is -0.347 e. The Balaban J connectivity index is 2.16. The normalized spacial score (nSPS) is 26.5. The maximum atomic E-state index is 12.6. The van der Waals surface area contributed by atoms with Crippen molar-refractivity contribution in [2.24, 2.45) is 0 Å². The molecular formula is C12H23N3O3S. The maximum absolute atomic E-state index is 12.6. The van der Waals surface area contributed by atoms with Crippen molar-refractivity contribution in [2.45, 2.75) is 38.1 Å². The lowest BCUT2D eigenvalue weighted by atomic mass is 10.2. The zero-order valence-electron chi connectivity index (χ0n) is 11.7. The molecule has 2 heterocycles. The molecule has 2 fully saturated rings. The van der Waals surface area contributed by atoms with Gasteiger partial charge in [0, 0.05) is 33.7 Å². The topological polar surface area (TPSA) is 60.9 Å². The molecule has 0 aromatic rings. The average molecular weight is 289 g/mol. The highest BCUT2D eigenvalue weighted by molar-refractivity contribution is 7.86. The van der Waals surface area contributed by atoms with E-state index < -0.39 is 16.3 Å². The van der Waals surface area contributed by atoms with E-state index in [-0.39, 0.29) is 5.91 Å². The van der Waals surface area contributed by atoms with Gasteiger partial charge >= 0.3 is 0 Å². The molecule has 1 atom stereocenters. The Morgan fingerprint density at radius 2 is 1.68 bits per heavy atom. The summed E-state index contributed by atoms with van der Waals surface area (Å²) in [6.07, 6.45) is 4.31. The van der Waals surface area contributed by atoms with Crippen LogP contribution in [0.5, 0.6) is 0 Å². The third kappa shape index (κ3) is 2.93. The van der Waals surface area contributed by atoms with Gasteiger partial charge in [-0.3, -0.25) is 4.79 Å². The minimum absolute atomic E-state index is 0.113. The van der Waals surface area contributed by atoms with Gasteiger partial charge in [-0.05, 0) is 25.7 Å². The molecule has 1 unspecified atom stereocenters. The molecule has 0 N–H and O–H groups in total. The molecule has 7 heteroatoms. The smallest absolute Gasteiger partial charge is 0.282 e. The van der Waals surface area contributed by atoms with Crippen LogP contribution in [-0.4, -0.2) is 67.6 Å². The summed E-state index contributed by atoms with van der Waals surface area (Å²) in [4.78, 5) is 13.6. The second-order valence-corrected chi connectivity index (χ2v) is 7.35. The molecule has 0 saturated carbocycles. The second kappa shape index (κ2) is 5.76. The van der Waals surface area contributed by atoms with Crippen LogP contribution in [0.3, 0.4) is 0 Å². The molecule has 2 aliphatic rings. The van der Waals surface area contributed by atoms with Crippen LogP contribution < -0.4 is 0 Å². The van der Waals surface area contributed by atoms with Gasteiger partial charge in [-0.1, -0.05) is 6.42 Å². The number of piperidine rings is 1. The molecule has 110 valence electrons. The largest absolute Gasteiger partial charge is 0.347 e. The number of rotatable bonds is 3. The number of amides is 1. The molecule has 0 radical (unpaired) electrons. The van der Waals surface area contributed by atoms with Gasteiger partial charge in [-0.25, -0.2) is 0 Å². The lowest BCUT2D eigenvalue weighted by molar-refractivity contribution is -0.132. The fourth-order valence-electron chi connectivity index (χ4n) is 2.81. The number of carbonyl (C=O) groups is 1. The van der Waals surface area contributed by atoms with Crippen molar-refractivity contribution < 1.29 is 13.2 Å². The predicted molar refractivity (Wildman–Crippen MR) is 72.8 cm³/mol. The third-order valence-corrected chi connectivity index (χ3v) is 5.91. The van der Waals surface area contributed by atoms with Crippen LogP contribution in [0.15, 0.2) is 0 Å². The molecule has 0 aliphatic carbocycles. The minimum atomic E-state index is -3.47. The number of carbonyl (C=O) groups excluding carboxylic acids is 1. The van der Waals surface area contributed by atoms with E-state index >= 15 is 0 Å². The Kier molecular flexibility index (Phi) is 4.47. The van der Waals surface area contributed by atoms with E-state index in [1.165, 1.54) is 13.5 Å². The van der Waals surface area contributed by atoms with E-state index in [0.717, 1.165) is 25.7 Å². The summed E-state index contributed by atoms with van der Waals surface area (Å²) in [6, 6.07) is -0.512. The monoisotopic (exact) mass is 289 g/mol. The van der Waals surface area contributed by atoms with Crippen LogP contribution in [0.1, 0.15) is 32.1 Å². The van der Waals surface area contributed by atoms with E-state index in [9.17, 15) is 13.2 Å². The summed E-state index contributed by atoms with van der Waals surface area (Å²) in [5, 5.41) is 0. The average Bonchev–Trinajstić information content (AvgIpc) is 2.88. The Labute approximate surface area is 115 Å². The number of nitrogens with zero attached hydrogens (tertiary/aromatic N) is 3. The summed E-state index contributed by atoms with van der Waals surface area (Å²) in [5.41, 5.74) is 0. The quantitative estimate of drug-likeness (QED) is 0.749. The molecule has 0 aromatic carbocycles. The summed E-state index contributed by atoms with van der Waals surface area (Å²) >= 11 is 0. The van der Waals surface area contributed by atoms with E-state index in [1.807, 2.05) is 0 Å². The molecule has 2 saturated heterocycles. The van der Waals surface area contributed by atoms with Gasteiger partial charge < -0.3 is 4.90 Å². The highest BCUT2D eigenvalue weighted by Crippen LogP contribution is 2.26. The molecule has 1 amide bonds. The lowest BCUT2D eigenvalue weighted by Crippen LogP contribution is -2.51. The SMILES string of the molecule is CN(C)C(=O)C1CCCN1S(=O)(=O)N1CCCCC1. The Morgan fingerprint density at radius 1 is 1.05 bits per heavy atom. The summed E-state index contributed by atoms with van der Waals surface area (Å²) in [5.74, 6) is -0.113. The van der Waals surface area contributed by atoms with Gasteiger partial charge in [0.1, 0.15) is 6.04 Å². The van der Waals surface area contributed by atoms with Crippen LogP contribution in [0.25, 0.3) is 0 Å². The molecule has 19 heavy (non-hydrogen) atoms. The number of hydrogen-bond donors (Lipinski definition) is 0. The Bertz CT molecular complexity index is 430. The first-order chi connectivity index (χ1) is 8.94. The molecule has 0 bridgehead atoms. The highest BCUT2D eigenvalue weighted by Gasteiger charge is 2.42. The van der Waals surface area contributed by atoms with Crippen molar-refractivity contribution in [1.29, 1.82) is 0 Å². The van der Waals surface area contributed by atoms with Crippen LogP contribution in [0, 0.1) is 0 Å². The molecule has 0 spiro atoms. The Hall–Kier alpha value is -0.660. The summed E-state index contributed by atoms with van der Waals surface area (Å²) in [6.45, 7) is 1.63. The molecule has 6 nitrogen and oxygen atoms in total. The van der Waals surface area contributed by atoms with Crippen molar-refractivity contribution in [3.63, 3.8) is 0 Å². The first-order valence-electron chi connectivity index (χ1n) is 6.92. The maximum Gasteiger partial charge on any atom is 0.282 e. The van der Waals surface area contributed by atoms with Crippen molar-refractivity contribution in [2.75, 3.05) is 33.7 Å². The third-order valence-electron chi connectivity index (χ3n) is 3.87. The Morgan fingerprint density at radius 3 is 2.26 bits per heavy atom. The van der Waals surface area contributed by atoms with Crippen LogP contribution in [0.4, 0.5) is 0 Å². The molecular weight excluding hydrogens is 266 g/mol. The molecule has 2 aliphatic heterocycles. The summed E-state index contributed by atoms with van der Waals surface area (Å²) in [7, 11) is -0.124. The first-order valence-corrected chi connectivity index (χ1v) is 8.32. The predicted octanol–water partition coefficient (Wildman–Crippen LogP) is 0.270. The number of hydrogen-bond acceptors (Lipinski definition) is 3. The zero-order valence-corrected chi connectivity index (χ0v) is 12.5. The van der Waals surface area contributed by atoms with Crippen molar-refractivity contribution in [3.05, 3.63) is 0 Å². The second-order valence-electron chi connectivity index (χ2n) is 5.47. The highest BCUT2D eigenvalue weighted by atomic mass is 32.2. The van der Waals surface area contributed by atoms with Gasteiger partial charge in [0.25, 0.3) is 10.2 Å². The van der Waals surface area contributed by atoms with Gasteiger partial charge in [0.05, 0.1) is 0 Å². The van der Waals surface area contributed by atoms with Crippen molar-refractivity contribution in [1.82, 2.24) is 13.5 Å². The fraction of sp³-hybridized carbons (Fsp3) is 0.917. The van der Waals surface area contributed by atoms with Crippen molar-refractivity contribution in [3.8, 4) is 0 Å². The number of likely N-dealkylation sites (N-methyl/N-ethyl adjacent to an activating group) is 1. The van der Waals surface area contributed by atoms with Crippen LogP contribution >= 0.6 is 0 Å². The van der Waals surface area contributed by atoms with Gasteiger partial charge in [-0.15, -0.1) is 0 Å². The fourth-order valence-corrected chi connectivity index (χ4v) is 4.70. The molecule has 2 rings (SSSR count). The first kappa shape index (κ1) is 14.7. The van der Waals surface area contributed by atoms with E-state index in [1.54, 1.807) is 14.1 Å². The van der Waals surface area contributed by atoms with Gasteiger partial charge in [0.2, 0.25) is 5.91 Å². The van der Waals surface area contributed by atoms with Crippen LogP contribution in [0.2, 0.25) is 0 Å². The van der Waals surface area contributed by atoms with Gasteiger partial charge in [0.15, 0.2) is 0 Å². The van der Waals surface area contributed by atoms with Gasteiger partial charge in [-0.2, -0.15) is 17.0 Å².